The quantitative estimate of drug-likeness (QED) is 0.866. The molecule has 0 aliphatic rings. The van der Waals surface area contributed by atoms with Crippen LogP contribution in [0.4, 0.5) is 0 Å². The molecule has 0 saturated carbocycles. The molecule has 0 aliphatic carbocycles. The van der Waals surface area contributed by atoms with Crippen molar-refractivity contribution in [2.75, 3.05) is 6.61 Å². The minimum absolute atomic E-state index is 0.0500. The lowest BCUT2D eigenvalue weighted by Gasteiger charge is -2.19. The molecule has 104 valence electrons. The third-order valence-corrected chi connectivity index (χ3v) is 2.90. The Labute approximate surface area is 120 Å². The number of rotatable bonds is 6. The van der Waals surface area contributed by atoms with Crippen LogP contribution < -0.4 is 10.1 Å². The van der Waals surface area contributed by atoms with Gasteiger partial charge >= 0.3 is 0 Å². The largest absolute Gasteiger partial charge is 0.482 e. The first-order chi connectivity index (χ1) is 8.90. The summed E-state index contributed by atoms with van der Waals surface area (Å²) >= 11 is 3.26. The molecule has 0 spiro atoms. The predicted octanol–water partition coefficient (Wildman–Crippen LogP) is 1.95. The van der Waals surface area contributed by atoms with E-state index >= 15 is 0 Å². The van der Waals surface area contributed by atoms with Crippen molar-refractivity contribution in [2.24, 2.45) is 5.92 Å². The molecule has 1 rings (SSSR count). The van der Waals surface area contributed by atoms with Crippen molar-refractivity contribution < 1.29 is 14.3 Å². The van der Waals surface area contributed by atoms with Crippen LogP contribution in [0.3, 0.4) is 0 Å². The van der Waals surface area contributed by atoms with Crippen LogP contribution in [0, 0.1) is 5.92 Å². The van der Waals surface area contributed by atoms with E-state index in [1.54, 1.807) is 12.3 Å². The summed E-state index contributed by atoms with van der Waals surface area (Å²) < 4.78 is 6.07. The van der Waals surface area contributed by atoms with Gasteiger partial charge in [-0.1, -0.05) is 13.8 Å². The number of halogens is 1. The Bertz CT molecular complexity index is 463. The number of amides is 1. The highest BCUT2D eigenvalue weighted by atomic mass is 79.9. The second-order valence-corrected chi connectivity index (χ2v) is 5.44. The topological polar surface area (TPSA) is 68.3 Å². The van der Waals surface area contributed by atoms with Crippen LogP contribution in [-0.2, 0) is 9.59 Å². The van der Waals surface area contributed by atoms with E-state index in [0.717, 1.165) is 4.47 Å². The van der Waals surface area contributed by atoms with Gasteiger partial charge in [0.1, 0.15) is 5.75 Å². The molecular formula is C13H17BrN2O3. The molecule has 0 bridgehead atoms. The summed E-state index contributed by atoms with van der Waals surface area (Å²) in [7, 11) is 0. The number of hydrogen-bond donors (Lipinski definition) is 1. The maximum atomic E-state index is 11.7. The van der Waals surface area contributed by atoms with Crippen LogP contribution in [0.5, 0.6) is 5.75 Å². The summed E-state index contributed by atoms with van der Waals surface area (Å²) in [5, 5.41) is 2.66. The molecule has 0 saturated heterocycles. The van der Waals surface area contributed by atoms with E-state index in [1.165, 1.54) is 13.1 Å². The Balaban J connectivity index is 2.49. The van der Waals surface area contributed by atoms with E-state index < -0.39 is 6.04 Å². The lowest BCUT2D eigenvalue weighted by Crippen LogP contribution is -2.45. The lowest BCUT2D eigenvalue weighted by molar-refractivity contribution is -0.129. The normalized spacial score (nSPS) is 12.1. The summed E-state index contributed by atoms with van der Waals surface area (Å²) in [4.78, 5) is 27.0. The van der Waals surface area contributed by atoms with Crippen molar-refractivity contribution in [3.63, 3.8) is 0 Å². The fourth-order valence-electron chi connectivity index (χ4n) is 1.57. The fraction of sp³-hybridized carbons (Fsp3) is 0.462. The lowest BCUT2D eigenvalue weighted by atomic mass is 10.0. The molecule has 5 nitrogen and oxygen atoms in total. The van der Waals surface area contributed by atoms with Crippen molar-refractivity contribution in [1.29, 1.82) is 0 Å². The molecule has 0 fully saturated rings. The third kappa shape index (κ3) is 5.38. The molecule has 19 heavy (non-hydrogen) atoms. The van der Waals surface area contributed by atoms with Gasteiger partial charge in [0.15, 0.2) is 12.4 Å². The number of nitrogens with zero attached hydrogens (tertiary/aromatic N) is 1. The minimum Gasteiger partial charge on any atom is -0.482 e. The van der Waals surface area contributed by atoms with Gasteiger partial charge < -0.3 is 10.1 Å². The molecule has 1 aromatic heterocycles. The average molecular weight is 329 g/mol. The molecule has 6 heteroatoms. The van der Waals surface area contributed by atoms with Crippen LogP contribution in [0.1, 0.15) is 20.8 Å². The highest BCUT2D eigenvalue weighted by molar-refractivity contribution is 9.10. The summed E-state index contributed by atoms with van der Waals surface area (Å²) in [5.74, 6) is 0.156. The molecule has 0 aromatic carbocycles. The van der Waals surface area contributed by atoms with E-state index in [2.05, 4.69) is 26.2 Å². The highest BCUT2D eigenvalue weighted by Crippen LogP contribution is 2.15. The molecule has 1 atom stereocenters. The van der Waals surface area contributed by atoms with Crippen LogP contribution >= 0.6 is 15.9 Å². The third-order valence-electron chi connectivity index (χ3n) is 2.47. The van der Waals surface area contributed by atoms with Gasteiger partial charge in [0.25, 0.3) is 5.91 Å². The number of hydrogen-bond acceptors (Lipinski definition) is 4. The number of ketones is 1. The molecular weight excluding hydrogens is 312 g/mol. The fourth-order valence-corrected chi connectivity index (χ4v) is 1.92. The van der Waals surface area contributed by atoms with Gasteiger partial charge in [-0.2, -0.15) is 0 Å². The monoisotopic (exact) mass is 328 g/mol. The zero-order valence-corrected chi connectivity index (χ0v) is 12.7. The van der Waals surface area contributed by atoms with E-state index in [-0.39, 0.29) is 24.2 Å². The van der Waals surface area contributed by atoms with Gasteiger partial charge in [0, 0.05) is 10.7 Å². The number of nitrogens with one attached hydrogen (secondary N) is 1. The Morgan fingerprint density at radius 1 is 1.42 bits per heavy atom. The second-order valence-electron chi connectivity index (χ2n) is 4.53. The Morgan fingerprint density at radius 3 is 2.63 bits per heavy atom. The summed E-state index contributed by atoms with van der Waals surface area (Å²) in [6, 6.07) is 1.24. The first-order valence-corrected chi connectivity index (χ1v) is 6.72. The van der Waals surface area contributed by atoms with Crippen LogP contribution in [0.15, 0.2) is 22.9 Å². The number of carbonyl (C=O) groups is 2. The maximum absolute atomic E-state index is 11.7. The van der Waals surface area contributed by atoms with Crippen molar-refractivity contribution in [3.8, 4) is 5.75 Å². The van der Waals surface area contributed by atoms with Gasteiger partial charge in [-0.3, -0.25) is 14.6 Å². The molecule has 1 aromatic rings. The van der Waals surface area contributed by atoms with E-state index in [1.807, 2.05) is 13.8 Å². The number of Topliss-reactive ketones (excluding diaryl/α,β-unsaturated/α-hetero) is 1. The van der Waals surface area contributed by atoms with Crippen LogP contribution in [-0.4, -0.2) is 29.3 Å². The summed E-state index contributed by atoms with van der Waals surface area (Å²) in [6.07, 6.45) is 3.14. The number of ether oxygens (including phenoxy) is 1. The standard InChI is InChI=1S/C13H17BrN2O3/c1-8(2)13(9(3)17)16-12(18)7-19-11-4-10(14)5-15-6-11/h4-6,8,13H,7H2,1-3H3,(H,16,18). The van der Waals surface area contributed by atoms with Crippen LogP contribution in [0.2, 0.25) is 0 Å². The van der Waals surface area contributed by atoms with Crippen molar-refractivity contribution in [1.82, 2.24) is 10.3 Å². The van der Waals surface area contributed by atoms with Crippen molar-refractivity contribution in [3.05, 3.63) is 22.9 Å². The molecule has 0 radical (unpaired) electrons. The van der Waals surface area contributed by atoms with Gasteiger partial charge in [0.05, 0.1) is 12.2 Å². The van der Waals surface area contributed by atoms with Crippen molar-refractivity contribution in [2.45, 2.75) is 26.8 Å². The van der Waals surface area contributed by atoms with Crippen molar-refractivity contribution >= 4 is 27.6 Å². The Morgan fingerprint density at radius 2 is 2.11 bits per heavy atom. The number of carbonyl (C=O) groups excluding carboxylic acids is 2. The predicted molar refractivity (Wildman–Crippen MR) is 74.9 cm³/mol. The van der Waals surface area contributed by atoms with Gasteiger partial charge in [-0.25, -0.2) is 0 Å². The summed E-state index contributed by atoms with van der Waals surface area (Å²) in [6.45, 7) is 5.08. The van der Waals surface area contributed by atoms with Gasteiger partial charge in [-0.05, 0) is 34.8 Å². The first kappa shape index (κ1) is 15.6. The second kappa shape index (κ2) is 7.23. The zero-order valence-electron chi connectivity index (χ0n) is 11.1. The molecule has 1 unspecified atom stereocenters. The molecule has 0 aliphatic heterocycles. The Kier molecular flexibility index (Phi) is 5.95. The average Bonchev–Trinajstić information content (AvgIpc) is 2.32. The minimum atomic E-state index is -0.475. The van der Waals surface area contributed by atoms with Crippen LogP contribution in [0.25, 0.3) is 0 Å². The Hall–Kier alpha value is -1.43. The van der Waals surface area contributed by atoms with E-state index in [9.17, 15) is 9.59 Å². The number of pyridine rings is 1. The highest BCUT2D eigenvalue weighted by Gasteiger charge is 2.20. The first-order valence-electron chi connectivity index (χ1n) is 5.93. The van der Waals surface area contributed by atoms with E-state index in [4.69, 9.17) is 4.74 Å². The maximum Gasteiger partial charge on any atom is 0.258 e. The molecule has 1 amide bonds. The smallest absolute Gasteiger partial charge is 0.258 e. The SMILES string of the molecule is CC(=O)C(NC(=O)COc1cncc(Br)c1)C(C)C. The zero-order chi connectivity index (χ0) is 14.4. The summed E-state index contributed by atoms with van der Waals surface area (Å²) in [5.41, 5.74) is 0. The van der Waals surface area contributed by atoms with E-state index in [0.29, 0.717) is 5.75 Å². The number of aromatic nitrogens is 1. The molecule has 1 heterocycles. The van der Waals surface area contributed by atoms with Gasteiger partial charge in [-0.15, -0.1) is 0 Å². The van der Waals surface area contributed by atoms with Gasteiger partial charge in [0.2, 0.25) is 0 Å². The molecule has 1 N–H and O–H groups in total.